The van der Waals surface area contributed by atoms with Crippen LogP contribution in [0.1, 0.15) is 12.0 Å². The molecule has 2 rings (SSSR count). The summed E-state index contributed by atoms with van der Waals surface area (Å²) in [5, 5.41) is 8.99. The molecule has 1 fully saturated rings. The highest BCUT2D eigenvalue weighted by molar-refractivity contribution is 5.82. The minimum Gasteiger partial charge on any atom is -0.496 e. The molecule has 1 aromatic rings. The van der Waals surface area contributed by atoms with E-state index >= 15 is 0 Å². The number of carboxylic acid groups (broad SMARTS) is 1. The number of likely N-dealkylation sites (tertiary alicyclic amines) is 1. The van der Waals surface area contributed by atoms with E-state index in [9.17, 15) is 9.59 Å². The molecule has 0 spiro atoms. The Labute approximate surface area is 123 Å². The fraction of sp³-hybridized carbons (Fsp3) is 0.467. The number of ether oxygens (including phenoxy) is 2. The van der Waals surface area contributed by atoms with Gasteiger partial charge in [0.2, 0.25) is 5.91 Å². The fourth-order valence-corrected chi connectivity index (χ4v) is 2.55. The monoisotopic (exact) mass is 293 g/mol. The molecule has 1 heterocycles. The molecule has 1 N–H and O–H groups in total. The van der Waals surface area contributed by atoms with Crippen molar-refractivity contribution in [1.82, 2.24) is 4.90 Å². The zero-order chi connectivity index (χ0) is 15.4. The minimum absolute atomic E-state index is 0.110. The third kappa shape index (κ3) is 3.26. The SMILES string of the molecule is COc1cccc(OC)c1CC(=O)N1CCC(C(=O)O)C1. The lowest BCUT2D eigenvalue weighted by atomic mass is 10.1. The molecular weight excluding hydrogens is 274 g/mol. The third-order valence-electron chi connectivity index (χ3n) is 3.75. The van der Waals surface area contributed by atoms with Crippen LogP contribution in [0.4, 0.5) is 0 Å². The van der Waals surface area contributed by atoms with Crippen molar-refractivity contribution in [1.29, 1.82) is 0 Å². The first kappa shape index (κ1) is 15.2. The maximum atomic E-state index is 12.3. The standard InChI is InChI=1S/C15H19NO5/c1-20-12-4-3-5-13(21-2)11(12)8-14(17)16-7-6-10(9-16)15(18)19/h3-5,10H,6-9H2,1-2H3,(H,18,19). The van der Waals surface area contributed by atoms with Crippen LogP contribution in [0.2, 0.25) is 0 Å². The van der Waals surface area contributed by atoms with Crippen molar-refractivity contribution in [3.05, 3.63) is 23.8 Å². The minimum atomic E-state index is -0.847. The summed E-state index contributed by atoms with van der Waals surface area (Å²) in [5.74, 6) is -0.233. The van der Waals surface area contributed by atoms with Crippen LogP contribution in [-0.4, -0.2) is 49.2 Å². The topological polar surface area (TPSA) is 76.1 Å². The van der Waals surface area contributed by atoms with Gasteiger partial charge < -0.3 is 19.5 Å². The van der Waals surface area contributed by atoms with Crippen molar-refractivity contribution >= 4 is 11.9 Å². The van der Waals surface area contributed by atoms with Crippen LogP contribution in [0.3, 0.4) is 0 Å². The van der Waals surface area contributed by atoms with Gasteiger partial charge in [-0.2, -0.15) is 0 Å². The zero-order valence-corrected chi connectivity index (χ0v) is 12.2. The molecule has 1 aliphatic heterocycles. The quantitative estimate of drug-likeness (QED) is 0.882. The van der Waals surface area contributed by atoms with Crippen molar-refractivity contribution in [3.63, 3.8) is 0 Å². The van der Waals surface area contributed by atoms with Crippen molar-refractivity contribution in [2.75, 3.05) is 27.3 Å². The van der Waals surface area contributed by atoms with E-state index in [2.05, 4.69) is 0 Å². The molecule has 6 nitrogen and oxygen atoms in total. The molecule has 1 unspecified atom stereocenters. The largest absolute Gasteiger partial charge is 0.496 e. The van der Waals surface area contributed by atoms with Gasteiger partial charge in [-0.05, 0) is 18.6 Å². The lowest BCUT2D eigenvalue weighted by Gasteiger charge is -2.18. The molecule has 0 aliphatic carbocycles. The second-order valence-corrected chi connectivity index (χ2v) is 4.98. The molecule has 6 heteroatoms. The number of benzene rings is 1. The highest BCUT2D eigenvalue weighted by Crippen LogP contribution is 2.29. The Morgan fingerprint density at radius 1 is 1.29 bits per heavy atom. The number of aliphatic carboxylic acids is 1. The predicted octanol–water partition coefficient (Wildman–Crippen LogP) is 1.18. The van der Waals surface area contributed by atoms with Crippen LogP contribution >= 0.6 is 0 Å². The van der Waals surface area contributed by atoms with Gasteiger partial charge in [0.1, 0.15) is 11.5 Å². The summed E-state index contributed by atoms with van der Waals surface area (Å²) in [6, 6.07) is 5.34. The lowest BCUT2D eigenvalue weighted by Crippen LogP contribution is -2.31. The Bertz CT molecular complexity index is 521. The van der Waals surface area contributed by atoms with Crippen LogP contribution < -0.4 is 9.47 Å². The normalized spacial score (nSPS) is 17.6. The van der Waals surface area contributed by atoms with Crippen molar-refractivity contribution in [2.24, 2.45) is 5.92 Å². The number of carboxylic acids is 1. The third-order valence-corrected chi connectivity index (χ3v) is 3.75. The van der Waals surface area contributed by atoms with E-state index in [0.717, 1.165) is 0 Å². The van der Waals surface area contributed by atoms with E-state index in [1.165, 1.54) is 0 Å². The van der Waals surface area contributed by atoms with Crippen LogP contribution in [0, 0.1) is 5.92 Å². The summed E-state index contributed by atoms with van der Waals surface area (Å²) >= 11 is 0. The molecule has 1 atom stereocenters. The molecule has 1 aliphatic rings. The van der Waals surface area contributed by atoms with E-state index in [1.54, 1.807) is 37.3 Å². The molecule has 1 aromatic carbocycles. The van der Waals surface area contributed by atoms with Crippen molar-refractivity contribution in [2.45, 2.75) is 12.8 Å². The van der Waals surface area contributed by atoms with Gasteiger partial charge in [0.15, 0.2) is 0 Å². The molecule has 0 bridgehead atoms. The second kappa shape index (κ2) is 6.47. The average molecular weight is 293 g/mol. The number of amides is 1. The number of methoxy groups -OCH3 is 2. The highest BCUT2D eigenvalue weighted by Gasteiger charge is 2.31. The number of carbonyl (C=O) groups excluding carboxylic acids is 1. The highest BCUT2D eigenvalue weighted by atomic mass is 16.5. The first-order valence-electron chi connectivity index (χ1n) is 6.77. The first-order valence-corrected chi connectivity index (χ1v) is 6.77. The number of hydrogen-bond donors (Lipinski definition) is 1. The Morgan fingerprint density at radius 2 is 1.90 bits per heavy atom. The smallest absolute Gasteiger partial charge is 0.308 e. The zero-order valence-electron chi connectivity index (χ0n) is 12.2. The van der Waals surface area contributed by atoms with Crippen LogP contribution in [0.15, 0.2) is 18.2 Å². The van der Waals surface area contributed by atoms with Crippen molar-refractivity contribution in [3.8, 4) is 11.5 Å². The molecule has 0 aromatic heterocycles. The first-order chi connectivity index (χ1) is 10.1. The maximum Gasteiger partial charge on any atom is 0.308 e. The van der Waals surface area contributed by atoms with Gasteiger partial charge in [-0.25, -0.2) is 0 Å². The summed E-state index contributed by atoms with van der Waals surface area (Å²) in [4.78, 5) is 24.9. The van der Waals surface area contributed by atoms with Crippen LogP contribution in [0.5, 0.6) is 11.5 Å². The van der Waals surface area contributed by atoms with E-state index in [-0.39, 0.29) is 18.9 Å². The molecule has 1 saturated heterocycles. The van der Waals surface area contributed by atoms with Gasteiger partial charge in [-0.1, -0.05) is 6.07 Å². The summed E-state index contributed by atoms with van der Waals surface area (Å²) in [7, 11) is 3.08. The Kier molecular flexibility index (Phi) is 4.67. The van der Waals surface area contributed by atoms with E-state index in [1.807, 2.05) is 0 Å². The van der Waals surface area contributed by atoms with Gasteiger partial charge in [0.05, 0.1) is 26.6 Å². The van der Waals surface area contributed by atoms with Crippen LogP contribution in [-0.2, 0) is 16.0 Å². The molecule has 0 saturated carbocycles. The second-order valence-electron chi connectivity index (χ2n) is 4.98. The van der Waals surface area contributed by atoms with E-state index in [4.69, 9.17) is 14.6 Å². The number of carbonyl (C=O) groups is 2. The number of hydrogen-bond acceptors (Lipinski definition) is 4. The molecular formula is C15H19NO5. The Balaban J connectivity index is 2.12. The van der Waals surface area contributed by atoms with Gasteiger partial charge in [0, 0.05) is 18.7 Å². The molecule has 21 heavy (non-hydrogen) atoms. The summed E-state index contributed by atoms with van der Waals surface area (Å²) in [5.41, 5.74) is 0.686. The Hall–Kier alpha value is -2.24. The summed E-state index contributed by atoms with van der Waals surface area (Å²) in [6.07, 6.45) is 0.643. The average Bonchev–Trinajstić information content (AvgIpc) is 2.97. The predicted molar refractivity (Wildman–Crippen MR) is 75.6 cm³/mol. The maximum absolute atomic E-state index is 12.3. The van der Waals surface area contributed by atoms with Gasteiger partial charge >= 0.3 is 5.97 Å². The molecule has 1 amide bonds. The number of nitrogens with zero attached hydrogens (tertiary/aromatic N) is 1. The molecule has 114 valence electrons. The van der Waals surface area contributed by atoms with Crippen LogP contribution in [0.25, 0.3) is 0 Å². The van der Waals surface area contributed by atoms with Gasteiger partial charge in [0.25, 0.3) is 0 Å². The summed E-state index contributed by atoms with van der Waals surface area (Å²) in [6.45, 7) is 0.749. The fourth-order valence-electron chi connectivity index (χ4n) is 2.55. The van der Waals surface area contributed by atoms with E-state index < -0.39 is 11.9 Å². The number of rotatable bonds is 5. The van der Waals surface area contributed by atoms with Gasteiger partial charge in [-0.15, -0.1) is 0 Å². The van der Waals surface area contributed by atoms with E-state index in [0.29, 0.717) is 30.0 Å². The summed E-state index contributed by atoms with van der Waals surface area (Å²) < 4.78 is 10.5. The Morgan fingerprint density at radius 3 is 2.38 bits per heavy atom. The molecule has 0 radical (unpaired) electrons. The van der Waals surface area contributed by atoms with Gasteiger partial charge in [-0.3, -0.25) is 9.59 Å². The lowest BCUT2D eigenvalue weighted by molar-refractivity contribution is -0.141. The van der Waals surface area contributed by atoms with Crippen molar-refractivity contribution < 1.29 is 24.2 Å².